The Bertz CT molecular complexity index is 428. The van der Waals surface area contributed by atoms with Crippen molar-refractivity contribution in [2.24, 2.45) is 0 Å². The van der Waals surface area contributed by atoms with E-state index < -0.39 is 0 Å². The highest BCUT2D eigenvalue weighted by atomic mass is 16.5. The zero-order valence-corrected chi connectivity index (χ0v) is 10.4. The van der Waals surface area contributed by atoms with E-state index in [9.17, 15) is 4.79 Å². The average Bonchev–Trinajstić information content (AvgIpc) is 3.12. The molecule has 17 heavy (non-hydrogen) atoms. The quantitative estimate of drug-likeness (QED) is 0.856. The molecule has 0 spiro atoms. The van der Waals surface area contributed by atoms with Crippen molar-refractivity contribution in [3.05, 3.63) is 18.0 Å². The maximum absolute atomic E-state index is 11.8. The maximum Gasteiger partial charge on any atom is 0.272 e. The van der Waals surface area contributed by atoms with E-state index in [1.165, 1.54) is 4.90 Å². The highest BCUT2D eigenvalue weighted by Crippen LogP contribution is 2.31. The van der Waals surface area contributed by atoms with Crippen molar-refractivity contribution >= 4 is 11.6 Å². The van der Waals surface area contributed by atoms with Gasteiger partial charge in [0.25, 0.3) is 5.91 Å². The second kappa shape index (κ2) is 4.61. The zero-order chi connectivity index (χ0) is 12.4. The van der Waals surface area contributed by atoms with Gasteiger partial charge in [0.05, 0.1) is 18.0 Å². The van der Waals surface area contributed by atoms with Crippen LogP contribution in [0.3, 0.4) is 0 Å². The summed E-state index contributed by atoms with van der Waals surface area (Å²) in [6, 6.07) is 1.72. The molecule has 1 saturated carbocycles. The molecular weight excluding hydrogens is 218 g/mol. The first-order valence-corrected chi connectivity index (χ1v) is 5.68. The lowest BCUT2D eigenvalue weighted by Gasteiger charge is -2.13. The predicted octanol–water partition coefficient (Wildman–Crippen LogP) is 1.37. The number of rotatable bonds is 4. The first-order valence-electron chi connectivity index (χ1n) is 5.68. The molecule has 5 nitrogen and oxygen atoms in total. The van der Waals surface area contributed by atoms with Gasteiger partial charge >= 0.3 is 0 Å². The second-order valence-corrected chi connectivity index (χ2v) is 4.33. The van der Waals surface area contributed by atoms with E-state index >= 15 is 0 Å². The number of nitrogens with zero attached hydrogens (tertiary/aromatic N) is 2. The van der Waals surface area contributed by atoms with Crippen molar-refractivity contribution in [3.63, 3.8) is 0 Å². The maximum atomic E-state index is 11.8. The van der Waals surface area contributed by atoms with Gasteiger partial charge in [0.2, 0.25) is 0 Å². The molecule has 0 bridgehead atoms. The lowest BCUT2D eigenvalue weighted by Crippen LogP contribution is -2.22. The summed E-state index contributed by atoms with van der Waals surface area (Å²) >= 11 is 0. The molecule has 1 aromatic heterocycles. The smallest absolute Gasteiger partial charge is 0.272 e. The van der Waals surface area contributed by atoms with Crippen LogP contribution in [0.15, 0.2) is 12.3 Å². The van der Waals surface area contributed by atoms with Gasteiger partial charge in [-0.05, 0) is 18.9 Å². The fraction of sp³-hybridized carbons (Fsp3) is 0.500. The van der Waals surface area contributed by atoms with Crippen LogP contribution in [0.1, 0.15) is 23.3 Å². The summed E-state index contributed by atoms with van der Waals surface area (Å²) in [7, 11) is 5.22. The van der Waals surface area contributed by atoms with Gasteiger partial charge in [0, 0.05) is 21.1 Å². The third-order valence-electron chi connectivity index (χ3n) is 2.58. The lowest BCUT2D eigenvalue weighted by molar-refractivity contribution is 0.0822. The number of pyridine rings is 1. The van der Waals surface area contributed by atoms with Gasteiger partial charge in [-0.15, -0.1) is 0 Å². The Kier molecular flexibility index (Phi) is 3.17. The van der Waals surface area contributed by atoms with Crippen LogP contribution in [-0.4, -0.2) is 43.0 Å². The third-order valence-corrected chi connectivity index (χ3v) is 2.58. The SMILES string of the molecule is CNc1cc(C(=O)N(C)C)ncc1OC1CC1. The molecule has 1 aromatic rings. The Morgan fingerprint density at radius 2 is 2.24 bits per heavy atom. The Balaban J connectivity index is 2.23. The number of aromatic nitrogens is 1. The van der Waals surface area contributed by atoms with E-state index in [0.717, 1.165) is 18.5 Å². The molecule has 0 unspecified atom stereocenters. The van der Waals surface area contributed by atoms with Gasteiger partial charge in [-0.1, -0.05) is 0 Å². The number of hydrogen-bond acceptors (Lipinski definition) is 4. The number of carbonyl (C=O) groups is 1. The molecular formula is C12H17N3O2. The highest BCUT2D eigenvalue weighted by molar-refractivity contribution is 5.93. The van der Waals surface area contributed by atoms with Crippen LogP contribution in [0.25, 0.3) is 0 Å². The van der Waals surface area contributed by atoms with Crippen molar-refractivity contribution in [1.82, 2.24) is 9.88 Å². The summed E-state index contributed by atoms with van der Waals surface area (Å²) < 4.78 is 5.69. The van der Waals surface area contributed by atoms with Gasteiger partial charge in [0.1, 0.15) is 5.69 Å². The third kappa shape index (κ3) is 2.67. The molecule has 1 aliphatic rings. The van der Waals surface area contributed by atoms with E-state index in [4.69, 9.17) is 4.74 Å². The van der Waals surface area contributed by atoms with E-state index in [1.807, 2.05) is 0 Å². The van der Waals surface area contributed by atoms with Crippen molar-refractivity contribution in [3.8, 4) is 5.75 Å². The monoisotopic (exact) mass is 235 g/mol. The lowest BCUT2D eigenvalue weighted by atomic mass is 10.2. The molecule has 0 aliphatic heterocycles. The van der Waals surface area contributed by atoms with Crippen molar-refractivity contribution in [2.75, 3.05) is 26.5 Å². The van der Waals surface area contributed by atoms with E-state index in [0.29, 0.717) is 17.5 Å². The molecule has 0 aromatic carbocycles. The molecule has 5 heteroatoms. The largest absolute Gasteiger partial charge is 0.487 e. The summed E-state index contributed by atoms with van der Waals surface area (Å²) in [5, 5.41) is 3.03. The summed E-state index contributed by atoms with van der Waals surface area (Å²) in [5.41, 5.74) is 1.22. The van der Waals surface area contributed by atoms with Gasteiger partial charge < -0.3 is 15.0 Å². The van der Waals surface area contributed by atoms with Gasteiger partial charge in [-0.25, -0.2) is 4.98 Å². The topological polar surface area (TPSA) is 54.5 Å². The summed E-state index contributed by atoms with van der Waals surface area (Å²) in [4.78, 5) is 17.4. The molecule has 2 rings (SSSR count). The molecule has 1 N–H and O–H groups in total. The molecule has 1 amide bonds. The minimum Gasteiger partial charge on any atom is -0.487 e. The van der Waals surface area contributed by atoms with Crippen LogP contribution in [0, 0.1) is 0 Å². The van der Waals surface area contributed by atoms with Crippen LogP contribution >= 0.6 is 0 Å². The first-order chi connectivity index (χ1) is 8.11. The molecule has 1 heterocycles. The number of nitrogens with one attached hydrogen (secondary N) is 1. The zero-order valence-electron chi connectivity index (χ0n) is 10.4. The molecule has 92 valence electrons. The van der Waals surface area contributed by atoms with Crippen molar-refractivity contribution in [2.45, 2.75) is 18.9 Å². The number of hydrogen-bond donors (Lipinski definition) is 1. The molecule has 1 aliphatic carbocycles. The number of anilines is 1. The fourth-order valence-corrected chi connectivity index (χ4v) is 1.44. The van der Waals surface area contributed by atoms with Crippen LogP contribution < -0.4 is 10.1 Å². The Labute approximate surface area is 101 Å². The summed E-state index contributed by atoms with van der Waals surface area (Å²) in [6.07, 6.45) is 4.13. The highest BCUT2D eigenvalue weighted by Gasteiger charge is 2.25. The first kappa shape index (κ1) is 11.7. The van der Waals surface area contributed by atoms with Crippen LogP contribution in [-0.2, 0) is 0 Å². The van der Waals surface area contributed by atoms with E-state index in [1.54, 1.807) is 33.4 Å². The van der Waals surface area contributed by atoms with Gasteiger partial charge in [0.15, 0.2) is 5.75 Å². The van der Waals surface area contributed by atoms with Crippen LogP contribution in [0.4, 0.5) is 5.69 Å². The van der Waals surface area contributed by atoms with E-state index in [2.05, 4.69) is 10.3 Å². The Morgan fingerprint density at radius 3 is 2.76 bits per heavy atom. The predicted molar refractivity (Wildman–Crippen MR) is 65.5 cm³/mol. The average molecular weight is 235 g/mol. The minimum absolute atomic E-state index is 0.112. The van der Waals surface area contributed by atoms with Crippen LogP contribution in [0.2, 0.25) is 0 Å². The standard InChI is InChI=1S/C12H17N3O2/c1-13-9-6-10(12(16)15(2)3)14-7-11(9)17-8-4-5-8/h6-8H,4-5H2,1-3H3,(H,13,14). The van der Waals surface area contributed by atoms with Crippen molar-refractivity contribution in [1.29, 1.82) is 0 Å². The normalized spacial score (nSPS) is 14.3. The number of ether oxygens (including phenoxy) is 1. The van der Waals surface area contributed by atoms with Crippen LogP contribution in [0.5, 0.6) is 5.75 Å². The molecule has 0 radical (unpaired) electrons. The van der Waals surface area contributed by atoms with E-state index in [-0.39, 0.29) is 5.91 Å². The summed E-state index contributed by atoms with van der Waals surface area (Å²) in [5.74, 6) is 0.602. The van der Waals surface area contributed by atoms with Crippen molar-refractivity contribution < 1.29 is 9.53 Å². The van der Waals surface area contributed by atoms with Gasteiger partial charge in [-0.3, -0.25) is 4.79 Å². The molecule has 0 saturated heterocycles. The molecule has 0 atom stereocenters. The number of amides is 1. The Morgan fingerprint density at radius 1 is 1.53 bits per heavy atom. The minimum atomic E-state index is -0.112. The summed E-state index contributed by atoms with van der Waals surface area (Å²) in [6.45, 7) is 0. The Hall–Kier alpha value is -1.78. The van der Waals surface area contributed by atoms with Gasteiger partial charge in [-0.2, -0.15) is 0 Å². The fourth-order valence-electron chi connectivity index (χ4n) is 1.44. The number of carbonyl (C=O) groups excluding carboxylic acids is 1. The molecule has 1 fully saturated rings. The second-order valence-electron chi connectivity index (χ2n) is 4.33.